The van der Waals surface area contributed by atoms with Crippen LogP contribution in [0, 0.1) is 0 Å². The highest BCUT2D eigenvalue weighted by Gasteiger charge is 2.13. The van der Waals surface area contributed by atoms with E-state index in [0.717, 1.165) is 13.0 Å². The summed E-state index contributed by atoms with van der Waals surface area (Å²) in [6.07, 6.45) is 22.3. The van der Waals surface area contributed by atoms with E-state index >= 15 is 0 Å². The van der Waals surface area contributed by atoms with E-state index in [1.165, 1.54) is 96.3 Å². The van der Waals surface area contributed by atoms with E-state index in [-0.39, 0.29) is 0 Å². The minimum atomic E-state index is -1.43. The highest BCUT2D eigenvalue weighted by atomic mass is 28.4. The zero-order valence-corrected chi connectivity index (χ0v) is 28.9. The van der Waals surface area contributed by atoms with Crippen LogP contribution in [0.25, 0.3) is 0 Å². The molecule has 8 heteroatoms. The molecule has 0 unspecified atom stereocenters. The second-order valence-corrected chi connectivity index (χ2v) is 16.5. The van der Waals surface area contributed by atoms with Crippen molar-refractivity contribution in [3.8, 4) is 0 Å². The Morgan fingerprint density at radius 2 is 0.537 bits per heavy atom. The molecule has 41 heavy (non-hydrogen) atoms. The van der Waals surface area contributed by atoms with Gasteiger partial charge in [-0.2, -0.15) is 0 Å². The molecule has 0 aliphatic heterocycles. The maximum Gasteiger partial charge on any atom is 0.183 e. The fourth-order valence-corrected chi connectivity index (χ4v) is 5.06. The molecule has 0 N–H and O–H groups in total. The molecule has 0 aromatic heterocycles. The second-order valence-electron chi connectivity index (χ2n) is 11.9. The van der Waals surface area contributed by atoms with Gasteiger partial charge < -0.3 is 32.8 Å². The first kappa shape index (κ1) is 40.9. The molecule has 0 saturated carbocycles. The second kappa shape index (κ2) is 34.4. The molecule has 7 nitrogen and oxygen atoms in total. The molecule has 0 rings (SSSR count). The van der Waals surface area contributed by atoms with Crippen molar-refractivity contribution in [1.29, 1.82) is 0 Å². The number of ether oxygens (including phenoxy) is 6. The Morgan fingerprint density at radius 3 is 0.829 bits per heavy atom. The van der Waals surface area contributed by atoms with Gasteiger partial charge in [0.2, 0.25) is 0 Å². The average molecular weight is 607 g/mol. The zero-order valence-electron chi connectivity index (χ0n) is 27.9. The zero-order chi connectivity index (χ0) is 30.0. The van der Waals surface area contributed by atoms with Gasteiger partial charge in [-0.15, -0.1) is 0 Å². The normalized spacial score (nSPS) is 12.0. The summed E-state index contributed by atoms with van der Waals surface area (Å²) in [6, 6.07) is 0. The Morgan fingerprint density at radius 1 is 0.293 bits per heavy atom. The van der Waals surface area contributed by atoms with Crippen molar-refractivity contribution in [2.24, 2.45) is 0 Å². The van der Waals surface area contributed by atoms with Crippen molar-refractivity contribution in [3.05, 3.63) is 0 Å². The van der Waals surface area contributed by atoms with Crippen LogP contribution in [0.5, 0.6) is 0 Å². The summed E-state index contributed by atoms with van der Waals surface area (Å²) < 4.78 is 39.0. The number of hydrogen-bond donors (Lipinski definition) is 0. The van der Waals surface area contributed by atoms with Gasteiger partial charge >= 0.3 is 0 Å². The molecule has 0 fully saturated rings. The summed E-state index contributed by atoms with van der Waals surface area (Å²) in [4.78, 5) is 0. The number of unbranched alkanes of at least 4 members (excludes halogenated alkanes) is 15. The molecule has 0 heterocycles. The van der Waals surface area contributed by atoms with Gasteiger partial charge in [-0.1, -0.05) is 103 Å². The lowest BCUT2D eigenvalue weighted by Gasteiger charge is -2.16. The molecule has 0 atom stereocenters. The summed E-state index contributed by atoms with van der Waals surface area (Å²) in [5, 5.41) is 0. The van der Waals surface area contributed by atoms with E-state index in [1.54, 1.807) is 0 Å². The van der Waals surface area contributed by atoms with Gasteiger partial charge in [0.25, 0.3) is 0 Å². The highest BCUT2D eigenvalue weighted by molar-refractivity contribution is 6.69. The van der Waals surface area contributed by atoms with E-state index in [0.29, 0.717) is 79.3 Å². The molecule has 0 bridgehead atoms. The molecular formula is C33H70O7Si. The van der Waals surface area contributed by atoms with Gasteiger partial charge in [0.1, 0.15) is 0 Å². The monoisotopic (exact) mass is 606 g/mol. The van der Waals surface area contributed by atoms with E-state index in [9.17, 15) is 0 Å². The summed E-state index contributed by atoms with van der Waals surface area (Å²) in [5.74, 6) is 0. The Kier molecular flexibility index (Phi) is 34.4. The predicted molar refractivity (Wildman–Crippen MR) is 174 cm³/mol. The summed E-state index contributed by atoms with van der Waals surface area (Å²) in [6.45, 7) is 16.8. The molecule has 248 valence electrons. The molecule has 0 spiro atoms. The third kappa shape index (κ3) is 39.9. The topological polar surface area (TPSA) is 64.6 Å². The largest absolute Gasteiger partial charge is 0.415 e. The van der Waals surface area contributed by atoms with Gasteiger partial charge in [-0.25, -0.2) is 0 Å². The lowest BCUT2D eigenvalue weighted by atomic mass is 10.0. The van der Waals surface area contributed by atoms with Gasteiger partial charge in [0, 0.05) is 6.61 Å². The van der Waals surface area contributed by atoms with Crippen molar-refractivity contribution in [2.75, 3.05) is 85.9 Å². The van der Waals surface area contributed by atoms with Crippen LogP contribution in [0.15, 0.2) is 0 Å². The SMILES string of the molecule is CCCCCCCCCCCCCCCCCCOCCOCCOCCOCCOCCOCCO[Si](C)(C)C. The number of hydrogen-bond acceptors (Lipinski definition) is 7. The summed E-state index contributed by atoms with van der Waals surface area (Å²) in [7, 11) is -1.43. The predicted octanol–water partition coefficient (Wildman–Crippen LogP) is 8.20. The van der Waals surface area contributed by atoms with Gasteiger partial charge in [-0.05, 0) is 26.1 Å². The summed E-state index contributed by atoms with van der Waals surface area (Å²) in [5.41, 5.74) is 0. The van der Waals surface area contributed by atoms with Crippen molar-refractivity contribution < 1.29 is 32.8 Å². The average Bonchev–Trinajstić information content (AvgIpc) is 2.94. The van der Waals surface area contributed by atoms with Crippen LogP contribution in [-0.4, -0.2) is 94.2 Å². The minimum Gasteiger partial charge on any atom is -0.415 e. The van der Waals surface area contributed by atoms with E-state index in [4.69, 9.17) is 32.8 Å². The highest BCUT2D eigenvalue weighted by Crippen LogP contribution is 2.13. The van der Waals surface area contributed by atoms with Crippen molar-refractivity contribution in [1.82, 2.24) is 0 Å². The molecule has 0 saturated heterocycles. The lowest BCUT2D eigenvalue weighted by Crippen LogP contribution is -2.27. The quantitative estimate of drug-likeness (QED) is 0.0526. The van der Waals surface area contributed by atoms with Crippen LogP contribution in [0.1, 0.15) is 110 Å². The Hall–Kier alpha value is -0.0631. The van der Waals surface area contributed by atoms with Gasteiger partial charge in [0.15, 0.2) is 8.32 Å². The van der Waals surface area contributed by atoms with E-state index in [2.05, 4.69) is 26.6 Å². The van der Waals surface area contributed by atoms with Crippen LogP contribution in [-0.2, 0) is 32.8 Å². The first-order valence-corrected chi connectivity index (χ1v) is 20.6. The van der Waals surface area contributed by atoms with Crippen molar-refractivity contribution in [2.45, 2.75) is 129 Å². The first-order valence-electron chi connectivity index (χ1n) is 17.2. The van der Waals surface area contributed by atoms with Gasteiger partial charge in [0.05, 0.1) is 79.3 Å². The van der Waals surface area contributed by atoms with Crippen molar-refractivity contribution in [3.63, 3.8) is 0 Å². The Bertz CT molecular complexity index is 477. The van der Waals surface area contributed by atoms with Crippen LogP contribution in [0.4, 0.5) is 0 Å². The Labute approximate surface area is 256 Å². The molecule has 0 amide bonds. The van der Waals surface area contributed by atoms with Crippen molar-refractivity contribution >= 4 is 8.32 Å². The lowest BCUT2D eigenvalue weighted by molar-refractivity contribution is -0.0180. The third-order valence-corrected chi connectivity index (χ3v) is 7.84. The minimum absolute atomic E-state index is 0.565. The van der Waals surface area contributed by atoms with E-state index < -0.39 is 8.32 Å². The molecule has 0 aromatic rings. The standard InChI is InChI=1S/C33H70O7Si/c1-5-6-7-8-9-10-11-12-13-14-15-16-17-18-19-20-21-34-22-23-35-24-25-36-26-27-37-28-29-38-30-31-39-32-33-40-41(2,3)4/h5-33H2,1-4H3. The van der Waals surface area contributed by atoms with Crippen LogP contribution in [0.2, 0.25) is 19.6 Å². The van der Waals surface area contributed by atoms with Crippen LogP contribution in [0.3, 0.4) is 0 Å². The fraction of sp³-hybridized carbons (Fsp3) is 1.00. The maximum absolute atomic E-state index is 5.73. The Balaban J connectivity index is 3.04. The maximum atomic E-state index is 5.73. The fourth-order valence-electron chi connectivity index (χ4n) is 4.36. The van der Waals surface area contributed by atoms with E-state index in [1.807, 2.05) is 0 Å². The molecular weight excluding hydrogens is 536 g/mol. The smallest absolute Gasteiger partial charge is 0.183 e. The van der Waals surface area contributed by atoms with Crippen LogP contribution >= 0.6 is 0 Å². The number of rotatable bonds is 36. The van der Waals surface area contributed by atoms with Gasteiger partial charge in [-0.3, -0.25) is 0 Å². The third-order valence-electron chi connectivity index (χ3n) is 6.77. The summed E-state index contributed by atoms with van der Waals surface area (Å²) >= 11 is 0. The molecule has 0 aromatic carbocycles. The first-order chi connectivity index (χ1) is 20.1. The van der Waals surface area contributed by atoms with Crippen LogP contribution < -0.4 is 0 Å². The molecule has 0 radical (unpaired) electrons. The molecule has 0 aliphatic rings. The molecule has 0 aliphatic carbocycles.